The highest BCUT2D eigenvalue weighted by Crippen LogP contribution is 2.28. The molecule has 3 aromatic heterocycles. The predicted octanol–water partition coefficient (Wildman–Crippen LogP) is 2.96. The van der Waals surface area contributed by atoms with E-state index >= 15 is 0 Å². The number of hydrogen-bond donors (Lipinski definition) is 0. The lowest BCUT2D eigenvalue weighted by atomic mass is 10.0. The minimum absolute atomic E-state index is 0.339. The Hall–Kier alpha value is -3.33. The molecule has 4 aromatic rings. The Kier molecular flexibility index (Phi) is 2.60. The summed E-state index contributed by atoms with van der Waals surface area (Å²) in [6.07, 6.45) is 6.43. The molecule has 22 heavy (non-hydrogen) atoms. The number of aromatic nitrogens is 4. The van der Waals surface area contributed by atoms with Gasteiger partial charge in [-0.1, -0.05) is 6.07 Å². The molecule has 0 amide bonds. The van der Waals surface area contributed by atoms with Crippen molar-refractivity contribution in [2.45, 2.75) is 0 Å². The van der Waals surface area contributed by atoms with Gasteiger partial charge in [0.15, 0.2) is 5.65 Å². The smallest absolute Gasteiger partial charge is 0.172 e. The zero-order valence-corrected chi connectivity index (χ0v) is 11.2. The highest BCUT2D eigenvalue weighted by molar-refractivity contribution is 5.93. The largest absolute Gasteiger partial charge is 0.256 e. The van der Waals surface area contributed by atoms with Gasteiger partial charge in [0, 0.05) is 35.1 Å². The highest BCUT2D eigenvalue weighted by Gasteiger charge is 2.11. The average molecular weight is 289 g/mol. The van der Waals surface area contributed by atoms with Crippen LogP contribution in [-0.2, 0) is 0 Å². The van der Waals surface area contributed by atoms with Gasteiger partial charge in [-0.15, -0.1) is 0 Å². The summed E-state index contributed by atoms with van der Waals surface area (Å²) in [5, 5.41) is 13.8. The number of rotatable bonds is 1. The maximum Gasteiger partial charge on any atom is 0.172 e. The number of fused-ring (bicyclic) bond motifs is 2. The van der Waals surface area contributed by atoms with Crippen molar-refractivity contribution in [3.63, 3.8) is 0 Å². The quantitative estimate of drug-likeness (QED) is 0.540. The first-order chi connectivity index (χ1) is 10.8. The lowest BCUT2D eigenvalue weighted by Crippen LogP contribution is -1.94. The summed E-state index contributed by atoms with van der Waals surface area (Å²) in [6, 6.07) is 8.47. The van der Waals surface area contributed by atoms with Crippen LogP contribution >= 0.6 is 0 Å². The summed E-state index contributed by atoms with van der Waals surface area (Å²) in [5.74, 6) is -0.339. The molecule has 0 aliphatic rings. The first-order valence-electron chi connectivity index (χ1n) is 6.54. The van der Waals surface area contributed by atoms with Gasteiger partial charge in [0.1, 0.15) is 17.4 Å². The van der Waals surface area contributed by atoms with Crippen molar-refractivity contribution in [2.75, 3.05) is 0 Å². The summed E-state index contributed by atoms with van der Waals surface area (Å²) in [7, 11) is 0. The first-order valence-corrected chi connectivity index (χ1v) is 6.54. The van der Waals surface area contributed by atoms with Crippen LogP contribution in [0.5, 0.6) is 0 Å². The molecular formula is C16H8FN5. The van der Waals surface area contributed by atoms with E-state index in [9.17, 15) is 4.39 Å². The Balaban J connectivity index is 2.01. The molecule has 6 heteroatoms. The molecule has 1 aromatic carbocycles. The minimum Gasteiger partial charge on any atom is -0.256 e. The summed E-state index contributed by atoms with van der Waals surface area (Å²) < 4.78 is 15.3. The van der Waals surface area contributed by atoms with Gasteiger partial charge in [-0.25, -0.2) is 13.9 Å². The van der Waals surface area contributed by atoms with Gasteiger partial charge in [0.2, 0.25) is 0 Å². The van der Waals surface area contributed by atoms with E-state index in [1.807, 2.05) is 12.1 Å². The van der Waals surface area contributed by atoms with Gasteiger partial charge < -0.3 is 0 Å². The molecule has 0 unspecified atom stereocenters. The number of nitrogens with zero attached hydrogens (tertiary/aromatic N) is 5. The van der Waals surface area contributed by atoms with Gasteiger partial charge in [-0.3, -0.25) is 4.98 Å². The van der Waals surface area contributed by atoms with E-state index in [1.165, 1.54) is 22.8 Å². The monoisotopic (exact) mass is 289 g/mol. The maximum atomic E-state index is 13.8. The van der Waals surface area contributed by atoms with Crippen molar-refractivity contribution in [1.82, 2.24) is 19.6 Å². The van der Waals surface area contributed by atoms with Crippen molar-refractivity contribution in [3.05, 3.63) is 60.4 Å². The molecule has 0 fully saturated rings. The first kappa shape index (κ1) is 12.4. The second-order valence-corrected chi connectivity index (χ2v) is 4.81. The minimum atomic E-state index is -0.339. The highest BCUT2D eigenvalue weighted by atomic mass is 19.1. The molecule has 0 N–H and O–H groups in total. The lowest BCUT2D eigenvalue weighted by molar-refractivity contribution is 0.630. The number of halogens is 1. The molecule has 0 saturated heterocycles. The summed E-state index contributed by atoms with van der Waals surface area (Å²) in [6.45, 7) is 0. The molecule has 0 spiro atoms. The van der Waals surface area contributed by atoms with Crippen LogP contribution in [0.3, 0.4) is 0 Å². The molecule has 0 aliphatic heterocycles. The van der Waals surface area contributed by atoms with Crippen molar-refractivity contribution < 1.29 is 4.39 Å². The van der Waals surface area contributed by atoms with Crippen LogP contribution in [0.4, 0.5) is 4.39 Å². The van der Waals surface area contributed by atoms with Gasteiger partial charge >= 0.3 is 0 Å². The molecule has 0 radical (unpaired) electrons. The third kappa shape index (κ3) is 1.80. The third-order valence-electron chi connectivity index (χ3n) is 3.46. The van der Waals surface area contributed by atoms with Crippen LogP contribution < -0.4 is 0 Å². The molecule has 104 valence electrons. The Morgan fingerprint density at radius 2 is 2.09 bits per heavy atom. The molecule has 5 nitrogen and oxygen atoms in total. The van der Waals surface area contributed by atoms with E-state index in [-0.39, 0.29) is 5.82 Å². The van der Waals surface area contributed by atoms with Crippen LogP contribution in [-0.4, -0.2) is 19.6 Å². The number of benzene rings is 1. The number of nitriles is 1. The van der Waals surface area contributed by atoms with E-state index in [2.05, 4.69) is 15.1 Å². The third-order valence-corrected chi connectivity index (χ3v) is 3.46. The van der Waals surface area contributed by atoms with Crippen molar-refractivity contribution in [3.8, 4) is 17.2 Å². The second-order valence-electron chi connectivity index (χ2n) is 4.81. The average Bonchev–Trinajstić information content (AvgIpc) is 2.96. The molecule has 0 atom stereocenters. The van der Waals surface area contributed by atoms with Crippen molar-refractivity contribution >= 4 is 16.6 Å². The van der Waals surface area contributed by atoms with Crippen LogP contribution in [0, 0.1) is 17.1 Å². The van der Waals surface area contributed by atoms with Gasteiger partial charge in [-0.05, 0) is 18.2 Å². The maximum absolute atomic E-state index is 13.8. The topological polar surface area (TPSA) is 66.9 Å². The Morgan fingerprint density at radius 3 is 2.95 bits per heavy atom. The predicted molar refractivity (Wildman–Crippen MR) is 78.4 cm³/mol. The van der Waals surface area contributed by atoms with Gasteiger partial charge in [0.05, 0.1) is 11.7 Å². The Morgan fingerprint density at radius 1 is 1.18 bits per heavy atom. The Labute approximate surface area is 124 Å². The summed E-state index contributed by atoms with van der Waals surface area (Å²) in [4.78, 5) is 8.58. The van der Waals surface area contributed by atoms with Crippen molar-refractivity contribution in [2.24, 2.45) is 0 Å². The van der Waals surface area contributed by atoms with Crippen LogP contribution in [0.25, 0.3) is 27.7 Å². The normalized spacial score (nSPS) is 10.9. The van der Waals surface area contributed by atoms with E-state index < -0.39 is 0 Å². The van der Waals surface area contributed by atoms with Crippen molar-refractivity contribution in [1.29, 1.82) is 5.26 Å². The number of pyridine rings is 1. The fourth-order valence-electron chi connectivity index (χ4n) is 2.47. The zero-order chi connectivity index (χ0) is 15.1. The van der Waals surface area contributed by atoms with Gasteiger partial charge in [-0.2, -0.15) is 10.4 Å². The van der Waals surface area contributed by atoms with Gasteiger partial charge in [0.25, 0.3) is 0 Å². The number of hydrogen-bond acceptors (Lipinski definition) is 4. The summed E-state index contributed by atoms with van der Waals surface area (Å²) >= 11 is 0. The summed E-state index contributed by atoms with van der Waals surface area (Å²) in [5.41, 5.74) is 2.88. The molecule has 0 bridgehead atoms. The lowest BCUT2D eigenvalue weighted by Gasteiger charge is -2.06. The molecular weight excluding hydrogens is 281 g/mol. The van der Waals surface area contributed by atoms with E-state index in [0.717, 1.165) is 5.39 Å². The molecule has 0 saturated carbocycles. The Bertz CT molecular complexity index is 1060. The van der Waals surface area contributed by atoms with Crippen LogP contribution in [0.1, 0.15) is 5.56 Å². The SMILES string of the molecule is N#Cc1cnn2cc(-c3cc(F)cc4cccnc34)cnc12. The van der Waals surface area contributed by atoms with Crippen LogP contribution in [0.15, 0.2) is 49.1 Å². The fraction of sp³-hybridized carbons (Fsp3) is 0. The van der Waals surface area contributed by atoms with E-state index in [0.29, 0.717) is 27.9 Å². The zero-order valence-electron chi connectivity index (χ0n) is 11.2. The second kappa shape index (κ2) is 4.60. The van der Waals surface area contributed by atoms with Crippen LogP contribution in [0.2, 0.25) is 0 Å². The standard InChI is InChI=1S/C16H8FN5/c17-13-4-10-2-1-3-19-15(10)14(5-13)12-7-20-16-11(6-18)8-21-22(16)9-12/h1-5,7-9H. The fourth-order valence-corrected chi connectivity index (χ4v) is 2.47. The molecule has 4 rings (SSSR count). The van der Waals surface area contributed by atoms with E-state index in [4.69, 9.17) is 5.26 Å². The molecule has 3 heterocycles. The molecule has 0 aliphatic carbocycles. The van der Waals surface area contributed by atoms with E-state index in [1.54, 1.807) is 24.7 Å².